The molecular formula is C12H11F4N3. The van der Waals surface area contributed by atoms with E-state index in [9.17, 15) is 17.6 Å². The van der Waals surface area contributed by atoms with Gasteiger partial charge in [0.25, 0.3) is 5.67 Å². The van der Waals surface area contributed by atoms with E-state index in [2.05, 4.69) is 16.5 Å². The van der Waals surface area contributed by atoms with Crippen LogP contribution in [0.25, 0.3) is 5.65 Å². The van der Waals surface area contributed by atoms with Crippen LogP contribution in [0.3, 0.4) is 0 Å². The zero-order chi connectivity index (χ0) is 14.4. The van der Waals surface area contributed by atoms with Gasteiger partial charge in [-0.05, 0) is 19.9 Å². The highest BCUT2D eigenvalue weighted by molar-refractivity contribution is 5.44. The van der Waals surface area contributed by atoms with Crippen LogP contribution in [-0.2, 0) is 5.67 Å². The largest absolute Gasteiger partial charge is 0.432 e. The molecular weight excluding hydrogens is 262 g/mol. The lowest BCUT2D eigenvalue weighted by Gasteiger charge is -2.24. The van der Waals surface area contributed by atoms with Crippen molar-refractivity contribution in [3.05, 3.63) is 42.1 Å². The van der Waals surface area contributed by atoms with Gasteiger partial charge in [0, 0.05) is 12.3 Å². The summed E-state index contributed by atoms with van der Waals surface area (Å²) in [6, 6.07) is 0.981. The van der Waals surface area contributed by atoms with E-state index in [0.717, 1.165) is 6.07 Å². The van der Waals surface area contributed by atoms with Gasteiger partial charge in [0.1, 0.15) is 11.5 Å². The molecule has 0 aliphatic rings. The van der Waals surface area contributed by atoms with Gasteiger partial charge in [-0.25, -0.2) is 14.4 Å². The molecule has 2 heterocycles. The summed E-state index contributed by atoms with van der Waals surface area (Å²) < 4.78 is 54.1. The number of imidazole rings is 1. The fraction of sp³-hybridized carbons (Fsp3) is 0.333. The Labute approximate surface area is 106 Å². The highest BCUT2D eigenvalue weighted by Crippen LogP contribution is 2.42. The van der Waals surface area contributed by atoms with Crippen LogP contribution in [0, 0.1) is 13.8 Å². The number of alkyl halides is 4. The van der Waals surface area contributed by atoms with Crippen molar-refractivity contribution in [1.29, 1.82) is 0 Å². The lowest BCUT2D eigenvalue weighted by Crippen LogP contribution is -2.37. The predicted octanol–water partition coefficient (Wildman–Crippen LogP) is 3.26. The van der Waals surface area contributed by atoms with Crippen LogP contribution in [-0.4, -0.2) is 20.5 Å². The van der Waals surface area contributed by atoms with Gasteiger partial charge >= 0.3 is 6.18 Å². The molecule has 0 bridgehead atoms. The van der Waals surface area contributed by atoms with Gasteiger partial charge in [-0.3, -0.25) is 4.40 Å². The fourth-order valence-electron chi connectivity index (χ4n) is 1.81. The van der Waals surface area contributed by atoms with Crippen molar-refractivity contribution in [2.75, 3.05) is 0 Å². The molecule has 102 valence electrons. The van der Waals surface area contributed by atoms with Crippen LogP contribution >= 0.6 is 0 Å². The van der Waals surface area contributed by atoms with Crippen molar-refractivity contribution in [1.82, 2.24) is 14.4 Å². The minimum absolute atomic E-state index is 0.209. The standard InChI is InChI=1S/C12H11F4N3/c1-4-11(13,12(14,15)16)9-5-10-17-7(2)6-19(10)8(3)18-9/h4-6H,1H2,2-3H3. The quantitative estimate of drug-likeness (QED) is 0.621. The number of aryl methyl sites for hydroxylation is 2. The van der Waals surface area contributed by atoms with Gasteiger partial charge in [-0.15, -0.1) is 0 Å². The summed E-state index contributed by atoms with van der Waals surface area (Å²) in [5, 5.41) is 0. The molecule has 2 aromatic heterocycles. The zero-order valence-electron chi connectivity index (χ0n) is 10.3. The van der Waals surface area contributed by atoms with E-state index < -0.39 is 17.5 Å². The van der Waals surface area contributed by atoms with Crippen molar-refractivity contribution < 1.29 is 17.6 Å². The van der Waals surface area contributed by atoms with Crippen molar-refractivity contribution in [3.63, 3.8) is 0 Å². The zero-order valence-corrected chi connectivity index (χ0v) is 10.3. The summed E-state index contributed by atoms with van der Waals surface area (Å²) in [5.41, 5.74) is -3.62. The first-order valence-electron chi connectivity index (χ1n) is 5.42. The molecule has 0 amide bonds. The Hall–Kier alpha value is -1.92. The summed E-state index contributed by atoms with van der Waals surface area (Å²) >= 11 is 0. The number of hydrogen-bond donors (Lipinski definition) is 0. The molecule has 0 N–H and O–H groups in total. The molecule has 0 aromatic carbocycles. The first kappa shape index (κ1) is 13.5. The lowest BCUT2D eigenvalue weighted by molar-refractivity contribution is -0.217. The Morgan fingerprint density at radius 3 is 2.37 bits per heavy atom. The van der Waals surface area contributed by atoms with Gasteiger partial charge in [-0.2, -0.15) is 13.2 Å². The van der Waals surface area contributed by atoms with Gasteiger partial charge in [-0.1, -0.05) is 6.58 Å². The maximum atomic E-state index is 14.1. The summed E-state index contributed by atoms with van der Waals surface area (Å²) in [4.78, 5) is 7.70. The Bertz CT molecular complexity index is 644. The van der Waals surface area contributed by atoms with E-state index in [-0.39, 0.29) is 17.5 Å². The van der Waals surface area contributed by atoms with E-state index in [1.54, 1.807) is 13.1 Å². The monoisotopic (exact) mass is 273 g/mol. The Morgan fingerprint density at radius 1 is 1.21 bits per heavy atom. The highest BCUT2D eigenvalue weighted by Gasteiger charge is 2.56. The van der Waals surface area contributed by atoms with E-state index in [1.165, 1.54) is 11.3 Å². The van der Waals surface area contributed by atoms with Crippen LogP contribution in [0.1, 0.15) is 17.2 Å². The molecule has 19 heavy (non-hydrogen) atoms. The predicted molar refractivity (Wildman–Crippen MR) is 61.5 cm³/mol. The normalized spacial score (nSPS) is 15.5. The summed E-state index contributed by atoms with van der Waals surface area (Å²) in [6.45, 7) is 6.10. The first-order chi connectivity index (χ1) is 8.69. The summed E-state index contributed by atoms with van der Waals surface area (Å²) in [7, 11) is 0. The van der Waals surface area contributed by atoms with Crippen LogP contribution in [0.4, 0.5) is 17.6 Å². The van der Waals surface area contributed by atoms with Crippen LogP contribution in [0.5, 0.6) is 0 Å². The van der Waals surface area contributed by atoms with E-state index >= 15 is 0 Å². The number of hydrogen-bond acceptors (Lipinski definition) is 2. The van der Waals surface area contributed by atoms with E-state index in [1.807, 2.05) is 0 Å². The maximum absolute atomic E-state index is 14.1. The number of halogens is 4. The van der Waals surface area contributed by atoms with Crippen molar-refractivity contribution in [2.45, 2.75) is 25.7 Å². The topological polar surface area (TPSA) is 30.2 Å². The molecule has 1 unspecified atom stereocenters. The van der Waals surface area contributed by atoms with Gasteiger partial charge < -0.3 is 0 Å². The van der Waals surface area contributed by atoms with Crippen molar-refractivity contribution in [2.24, 2.45) is 0 Å². The van der Waals surface area contributed by atoms with Gasteiger partial charge in [0.2, 0.25) is 0 Å². The Morgan fingerprint density at radius 2 is 1.84 bits per heavy atom. The van der Waals surface area contributed by atoms with Gasteiger partial charge in [0.05, 0.1) is 11.4 Å². The van der Waals surface area contributed by atoms with Crippen LogP contribution in [0.15, 0.2) is 24.9 Å². The highest BCUT2D eigenvalue weighted by atomic mass is 19.4. The SMILES string of the molecule is C=CC(F)(c1cc2nc(C)cn2c(C)n1)C(F)(F)F. The third-order valence-corrected chi connectivity index (χ3v) is 2.82. The summed E-state index contributed by atoms with van der Waals surface area (Å²) in [6.07, 6.45) is -3.29. The molecule has 0 radical (unpaired) electrons. The molecule has 7 heteroatoms. The number of rotatable bonds is 2. The third-order valence-electron chi connectivity index (χ3n) is 2.82. The molecule has 2 rings (SSSR count). The molecule has 0 saturated carbocycles. The van der Waals surface area contributed by atoms with Crippen LogP contribution in [0.2, 0.25) is 0 Å². The lowest BCUT2D eigenvalue weighted by atomic mass is 10.0. The minimum Gasteiger partial charge on any atom is -0.288 e. The van der Waals surface area contributed by atoms with E-state index in [0.29, 0.717) is 5.69 Å². The second kappa shape index (κ2) is 4.04. The second-order valence-corrected chi connectivity index (χ2v) is 4.21. The second-order valence-electron chi connectivity index (χ2n) is 4.21. The minimum atomic E-state index is -5.12. The average molecular weight is 273 g/mol. The van der Waals surface area contributed by atoms with Crippen molar-refractivity contribution >= 4 is 5.65 Å². The number of fused-ring (bicyclic) bond motifs is 1. The van der Waals surface area contributed by atoms with Gasteiger partial charge in [0.15, 0.2) is 0 Å². The number of allylic oxidation sites excluding steroid dienone is 1. The molecule has 0 saturated heterocycles. The molecule has 3 nitrogen and oxygen atoms in total. The molecule has 1 atom stereocenters. The number of nitrogens with zero attached hydrogens (tertiary/aromatic N) is 3. The van der Waals surface area contributed by atoms with Crippen LogP contribution < -0.4 is 0 Å². The Kier molecular flexibility index (Phi) is 2.87. The van der Waals surface area contributed by atoms with Crippen molar-refractivity contribution in [3.8, 4) is 0 Å². The Balaban J connectivity index is 2.72. The van der Waals surface area contributed by atoms with E-state index in [4.69, 9.17) is 0 Å². The fourth-order valence-corrected chi connectivity index (χ4v) is 1.81. The molecule has 0 fully saturated rings. The molecule has 0 aliphatic heterocycles. The molecule has 0 aliphatic carbocycles. The third kappa shape index (κ3) is 1.98. The molecule has 2 aromatic rings. The number of aromatic nitrogens is 3. The average Bonchev–Trinajstić information content (AvgIpc) is 2.67. The maximum Gasteiger partial charge on any atom is 0.432 e. The smallest absolute Gasteiger partial charge is 0.288 e. The molecule has 0 spiro atoms. The summed E-state index contributed by atoms with van der Waals surface area (Å²) in [5.74, 6) is 0.223. The first-order valence-corrected chi connectivity index (χ1v) is 5.42.